The predicted octanol–water partition coefficient (Wildman–Crippen LogP) is 2.02. The van der Waals surface area contributed by atoms with Crippen LogP contribution < -0.4 is 20.3 Å². The molecule has 0 atom stereocenters. The van der Waals surface area contributed by atoms with Crippen LogP contribution in [0.4, 0.5) is 29.1 Å². The highest BCUT2D eigenvalue weighted by Crippen LogP contribution is 2.33. The molecule has 0 radical (unpaired) electrons. The number of nitrogens with one attached hydrogen (secondary N) is 2. The van der Waals surface area contributed by atoms with Crippen molar-refractivity contribution in [3.63, 3.8) is 0 Å². The second kappa shape index (κ2) is 11.9. The van der Waals surface area contributed by atoms with Crippen molar-refractivity contribution in [1.29, 1.82) is 0 Å². The van der Waals surface area contributed by atoms with Crippen LogP contribution in [0.5, 0.6) is 5.75 Å². The van der Waals surface area contributed by atoms with Gasteiger partial charge in [-0.25, -0.2) is 0 Å². The largest absolute Gasteiger partial charge is 0.573 e. The Bertz CT molecular complexity index is 1240. The summed E-state index contributed by atoms with van der Waals surface area (Å²) in [7, 11) is 0. The molecule has 5 rings (SSSR count). The van der Waals surface area contributed by atoms with Gasteiger partial charge in [-0.2, -0.15) is 0 Å². The van der Waals surface area contributed by atoms with E-state index >= 15 is 0 Å². The summed E-state index contributed by atoms with van der Waals surface area (Å²) < 4.78 is 48.2. The average Bonchev–Trinajstić information content (AvgIpc) is 3.67. The minimum absolute atomic E-state index is 0.0138. The first-order valence-corrected chi connectivity index (χ1v) is 13.6. The highest BCUT2D eigenvalue weighted by atomic mass is 32.1. The number of amides is 3. The Morgan fingerprint density at radius 2 is 1.75 bits per heavy atom. The van der Waals surface area contributed by atoms with E-state index < -0.39 is 23.9 Å². The number of nitrogens with zero attached hydrogens (tertiary/aromatic N) is 5. The minimum Gasteiger partial charge on any atom is -0.404 e. The third kappa shape index (κ3) is 7.37. The lowest BCUT2D eigenvalue weighted by molar-refractivity contribution is -0.274. The third-order valence-corrected chi connectivity index (χ3v) is 7.54. The van der Waals surface area contributed by atoms with E-state index in [9.17, 15) is 27.6 Å². The number of benzene rings is 1. The molecule has 1 saturated carbocycles. The Hall–Kier alpha value is -3.50. The van der Waals surface area contributed by atoms with E-state index in [1.54, 1.807) is 4.90 Å². The van der Waals surface area contributed by atoms with Crippen molar-refractivity contribution < 1.29 is 37.0 Å². The number of halogens is 3. The average molecular weight is 584 g/mol. The summed E-state index contributed by atoms with van der Waals surface area (Å²) in [5, 5.41) is 13.9. The van der Waals surface area contributed by atoms with E-state index in [2.05, 4.69) is 25.6 Å². The summed E-state index contributed by atoms with van der Waals surface area (Å²) in [4.78, 5) is 43.4. The monoisotopic (exact) mass is 583 g/mol. The van der Waals surface area contributed by atoms with Gasteiger partial charge in [0.25, 0.3) is 5.91 Å². The molecule has 16 heteroatoms. The molecule has 216 valence electrons. The van der Waals surface area contributed by atoms with Crippen molar-refractivity contribution in [3.05, 3.63) is 23.8 Å². The normalized spacial score (nSPS) is 18.4. The molecule has 0 unspecified atom stereocenters. The first kappa shape index (κ1) is 28.0. The van der Waals surface area contributed by atoms with Crippen molar-refractivity contribution in [2.24, 2.45) is 5.92 Å². The van der Waals surface area contributed by atoms with Gasteiger partial charge in [0.1, 0.15) is 0 Å². The standard InChI is InChI=1S/C24H28F3N7O5S/c25-24(26,27)39-18-4-3-16(13-17(18)28-19(35)14-32-9-11-38-12-10-32)20(36)29-22-30-31-23(40-22)34-7-5-33(6-8-34)21(37)15-1-2-15/h3-4,13,15H,1-2,5-12,14H2,(H,28,35)(H,29,30,36). The summed E-state index contributed by atoms with van der Waals surface area (Å²) in [5.41, 5.74) is -0.306. The number of aromatic nitrogens is 2. The van der Waals surface area contributed by atoms with Gasteiger partial charge in [-0.1, -0.05) is 11.3 Å². The Morgan fingerprint density at radius 3 is 2.42 bits per heavy atom. The Labute approximate surface area is 231 Å². The molecule has 3 amide bonds. The van der Waals surface area contributed by atoms with Crippen molar-refractivity contribution in [3.8, 4) is 5.75 Å². The lowest BCUT2D eigenvalue weighted by atomic mass is 10.1. The maximum absolute atomic E-state index is 13.0. The van der Waals surface area contributed by atoms with E-state index in [1.165, 1.54) is 0 Å². The molecule has 1 aliphatic carbocycles. The van der Waals surface area contributed by atoms with Crippen molar-refractivity contribution in [2.45, 2.75) is 19.2 Å². The Kier molecular flexibility index (Phi) is 8.37. The van der Waals surface area contributed by atoms with Gasteiger partial charge in [0.15, 0.2) is 5.75 Å². The molecule has 40 heavy (non-hydrogen) atoms. The highest BCUT2D eigenvalue weighted by molar-refractivity contribution is 7.19. The third-order valence-electron chi connectivity index (χ3n) is 6.64. The minimum atomic E-state index is -4.99. The number of carbonyl (C=O) groups excluding carboxylic acids is 3. The van der Waals surface area contributed by atoms with Crippen LogP contribution in [0.2, 0.25) is 0 Å². The maximum Gasteiger partial charge on any atom is 0.573 e. The molecule has 12 nitrogen and oxygen atoms in total. The SMILES string of the molecule is O=C(CN1CCOCC1)Nc1cc(C(=O)Nc2nnc(N3CCN(C(=O)C4CC4)CC3)s2)ccc1OC(F)(F)F. The van der Waals surface area contributed by atoms with Crippen LogP contribution in [0.1, 0.15) is 23.2 Å². The highest BCUT2D eigenvalue weighted by Gasteiger charge is 2.35. The zero-order valence-electron chi connectivity index (χ0n) is 21.4. The van der Waals surface area contributed by atoms with Gasteiger partial charge in [-0.15, -0.1) is 23.4 Å². The van der Waals surface area contributed by atoms with Crippen LogP contribution in [0, 0.1) is 5.92 Å². The number of hydrogen-bond donors (Lipinski definition) is 2. The number of anilines is 3. The fraction of sp³-hybridized carbons (Fsp3) is 0.542. The van der Waals surface area contributed by atoms with E-state index in [0.29, 0.717) is 57.6 Å². The summed E-state index contributed by atoms with van der Waals surface area (Å²) >= 11 is 1.15. The molecular formula is C24H28F3N7O5S. The van der Waals surface area contributed by atoms with Crippen molar-refractivity contribution in [1.82, 2.24) is 20.0 Å². The molecule has 2 N–H and O–H groups in total. The Morgan fingerprint density at radius 1 is 1.02 bits per heavy atom. The van der Waals surface area contributed by atoms with Crippen LogP contribution in [-0.4, -0.2) is 103 Å². The summed E-state index contributed by atoms with van der Waals surface area (Å²) in [6, 6.07) is 3.25. The van der Waals surface area contributed by atoms with E-state index in [0.717, 1.165) is 42.4 Å². The fourth-order valence-corrected chi connectivity index (χ4v) is 5.20. The Balaban J connectivity index is 1.22. The quantitative estimate of drug-likeness (QED) is 0.480. The van der Waals surface area contributed by atoms with Crippen LogP contribution >= 0.6 is 11.3 Å². The van der Waals surface area contributed by atoms with Gasteiger partial charge < -0.3 is 24.6 Å². The predicted molar refractivity (Wildman–Crippen MR) is 138 cm³/mol. The van der Waals surface area contributed by atoms with Gasteiger partial charge >= 0.3 is 6.36 Å². The topological polar surface area (TPSA) is 129 Å². The summed E-state index contributed by atoms with van der Waals surface area (Å²) in [6.07, 6.45) is -3.08. The van der Waals surface area contributed by atoms with Gasteiger partial charge in [-0.3, -0.25) is 24.6 Å². The number of hydrogen-bond acceptors (Lipinski definition) is 10. The molecule has 3 fully saturated rings. The van der Waals surface area contributed by atoms with Gasteiger partial charge in [0.05, 0.1) is 25.4 Å². The lowest BCUT2D eigenvalue weighted by Gasteiger charge is -2.34. The number of rotatable bonds is 8. The van der Waals surface area contributed by atoms with Crippen LogP contribution in [-0.2, 0) is 14.3 Å². The number of carbonyl (C=O) groups is 3. The first-order valence-electron chi connectivity index (χ1n) is 12.8. The summed E-state index contributed by atoms with van der Waals surface area (Å²) in [6.45, 7) is 4.24. The zero-order chi connectivity index (χ0) is 28.3. The first-order chi connectivity index (χ1) is 19.1. The second-order valence-electron chi connectivity index (χ2n) is 9.63. The molecule has 1 aromatic carbocycles. The molecule has 0 bridgehead atoms. The molecular weight excluding hydrogens is 555 g/mol. The van der Waals surface area contributed by atoms with Crippen molar-refractivity contribution in [2.75, 3.05) is 74.6 Å². The fourth-order valence-electron chi connectivity index (χ4n) is 4.40. The van der Waals surface area contributed by atoms with Gasteiger partial charge in [0, 0.05) is 50.7 Å². The molecule has 3 heterocycles. The van der Waals surface area contributed by atoms with E-state index in [1.807, 2.05) is 9.80 Å². The maximum atomic E-state index is 13.0. The second-order valence-corrected chi connectivity index (χ2v) is 10.6. The molecule has 1 aromatic heterocycles. The van der Waals surface area contributed by atoms with Crippen LogP contribution in [0.25, 0.3) is 0 Å². The number of morpholine rings is 1. The molecule has 0 spiro atoms. The lowest BCUT2D eigenvalue weighted by Crippen LogP contribution is -2.49. The van der Waals surface area contributed by atoms with Crippen LogP contribution in [0.3, 0.4) is 0 Å². The number of alkyl halides is 3. The van der Waals surface area contributed by atoms with E-state index in [4.69, 9.17) is 4.74 Å². The zero-order valence-corrected chi connectivity index (χ0v) is 22.2. The van der Waals surface area contributed by atoms with Crippen molar-refractivity contribution >= 4 is 45.0 Å². The van der Waals surface area contributed by atoms with Gasteiger partial charge in [-0.05, 0) is 31.0 Å². The van der Waals surface area contributed by atoms with E-state index in [-0.39, 0.29) is 34.8 Å². The molecule has 3 aliphatic rings. The number of piperazine rings is 1. The molecule has 2 aliphatic heterocycles. The summed E-state index contributed by atoms with van der Waals surface area (Å²) in [5.74, 6) is -1.48. The smallest absolute Gasteiger partial charge is 0.404 e. The van der Waals surface area contributed by atoms with Gasteiger partial charge in [0.2, 0.25) is 22.1 Å². The number of ether oxygens (including phenoxy) is 2. The molecule has 2 saturated heterocycles. The van der Waals surface area contributed by atoms with Crippen LogP contribution in [0.15, 0.2) is 18.2 Å². The molecule has 2 aromatic rings.